The van der Waals surface area contributed by atoms with E-state index < -0.39 is 0 Å². The Labute approximate surface area is 62.5 Å². The monoisotopic (exact) mass is 141 g/mol. The van der Waals surface area contributed by atoms with Gasteiger partial charge in [0.15, 0.2) is 0 Å². The van der Waals surface area contributed by atoms with Crippen LogP contribution in [-0.4, -0.2) is 24.3 Å². The van der Waals surface area contributed by atoms with Gasteiger partial charge in [0.25, 0.3) is 0 Å². The van der Waals surface area contributed by atoms with E-state index in [-0.39, 0.29) is 0 Å². The summed E-state index contributed by atoms with van der Waals surface area (Å²) in [6.45, 7) is 8.03. The van der Waals surface area contributed by atoms with Gasteiger partial charge in [-0.3, -0.25) is 4.79 Å². The number of nitrogens with zero attached hydrogens (tertiary/aromatic N) is 1. The van der Waals surface area contributed by atoms with Gasteiger partial charge >= 0.3 is 0 Å². The van der Waals surface area contributed by atoms with E-state index in [2.05, 4.69) is 18.7 Å². The van der Waals surface area contributed by atoms with Gasteiger partial charge in [0.1, 0.15) is 6.29 Å². The Kier molecular flexibility index (Phi) is 4.63. The molecule has 0 amide bonds. The number of carbonyl (C=O) groups is 1. The lowest BCUT2D eigenvalue weighted by atomic mass is 10.4. The van der Waals surface area contributed by atoms with Crippen molar-refractivity contribution >= 4 is 6.29 Å². The molecule has 0 aromatic heterocycles. The van der Waals surface area contributed by atoms with E-state index in [0.717, 1.165) is 25.1 Å². The fourth-order valence-corrected chi connectivity index (χ4v) is 0.926. The molecule has 0 aromatic carbocycles. The molecule has 0 atom stereocenters. The van der Waals surface area contributed by atoms with Crippen LogP contribution in [-0.2, 0) is 4.79 Å². The maximum Gasteiger partial charge on any atom is 0.144 e. The molecule has 0 fully saturated rings. The van der Waals surface area contributed by atoms with Crippen molar-refractivity contribution in [1.82, 2.24) is 4.90 Å². The molecule has 0 aliphatic rings. The molecule has 0 radical (unpaired) electrons. The molecule has 0 bridgehead atoms. The Balaban J connectivity index is 3.99. The number of hydrogen-bond donors (Lipinski definition) is 0. The van der Waals surface area contributed by atoms with Crippen LogP contribution in [0.15, 0.2) is 11.8 Å². The third kappa shape index (κ3) is 2.67. The largest absolute Gasteiger partial charge is 0.376 e. The number of allylic oxidation sites excluding steroid dienone is 2. The highest BCUT2D eigenvalue weighted by Crippen LogP contribution is 1.99. The second-order valence-electron chi connectivity index (χ2n) is 2.12. The highest BCUT2D eigenvalue weighted by molar-refractivity contribution is 5.65. The molecule has 10 heavy (non-hydrogen) atoms. The molecule has 0 heterocycles. The summed E-state index contributed by atoms with van der Waals surface area (Å²) in [6, 6.07) is 0. The van der Waals surface area contributed by atoms with Crippen molar-refractivity contribution in [2.75, 3.05) is 13.1 Å². The third-order valence-electron chi connectivity index (χ3n) is 1.57. The molecular weight excluding hydrogens is 126 g/mol. The topological polar surface area (TPSA) is 20.3 Å². The standard InChI is InChI=1S/C8H15NO/c1-4-9(5-2)8(3)6-7-10/h6-7H,4-5H2,1-3H3/b8-6+. The van der Waals surface area contributed by atoms with Crippen molar-refractivity contribution in [3.63, 3.8) is 0 Å². The number of carbonyl (C=O) groups excluding carboxylic acids is 1. The van der Waals surface area contributed by atoms with Crippen LogP contribution in [0.5, 0.6) is 0 Å². The first-order valence-electron chi connectivity index (χ1n) is 3.63. The zero-order valence-corrected chi connectivity index (χ0v) is 6.92. The molecule has 0 aromatic rings. The van der Waals surface area contributed by atoms with Crippen LogP contribution < -0.4 is 0 Å². The summed E-state index contributed by atoms with van der Waals surface area (Å²) in [5.74, 6) is 0. The van der Waals surface area contributed by atoms with E-state index in [1.165, 1.54) is 0 Å². The minimum Gasteiger partial charge on any atom is -0.376 e. The zero-order valence-electron chi connectivity index (χ0n) is 6.92. The predicted octanol–water partition coefficient (Wildman–Crippen LogP) is 1.43. The van der Waals surface area contributed by atoms with Gasteiger partial charge in [0.2, 0.25) is 0 Å². The molecule has 0 saturated heterocycles. The number of rotatable bonds is 4. The Hall–Kier alpha value is -0.790. The van der Waals surface area contributed by atoms with Gasteiger partial charge in [-0.25, -0.2) is 0 Å². The molecule has 0 aliphatic heterocycles. The van der Waals surface area contributed by atoms with Crippen LogP contribution in [0.2, 0.25) is 0 Å². The lowest BCUT2D eigenvalue weighted by Crippen LogP contribution is -2.20. The normalized spacial score (nSPS) is 11.3. The Morgan fingerprint density at radius 1 is 1.40 bits per heavy atom. The minimum absolute atomic E-state index is 0.827. The summed E-state index contributed by atoms with van der Waals surface area (Å²) in [7, 11) is 0. The fourth-order valence-electron chi connectivity index (χ4n) is 0.926. The zero-order chi connectivity index (χ0) is 7.98. The first-order valence-corrected chi connectivity index (χ1v) is 3.63. The van der Waals surface area contributed by atoms with Crippen molar-refractivity contribution in [2.24, 2.45) is 0 Å². The van der Waals surface area contributed by atoms with Gasteiger partial charge in [-0.15, -0.1) is 0 Å². The van der Waals surface area contributed by atoms with E-state index in [0.29, 0.717) is 0 Å². The van der Waals surface area contributed by atoms with Crippen molar-refractivity contribution in [3.05, 3.63) is 11.8 Å². The number of hydrogen-bond acceptors (Lipinski definition) is 2. The van der Waals surface area contributed by atoms with Crippen molar-refractivity contribution in [2.45, 2.75) is 20.8 Å². The van der Waals surface area contributed by atoms with E-state index in [1.807, 2.05) is 6.92 Å². The van der Waals surface area contributed by atoms with Crippen LogP contribution in [0, 0.1) is 0 Å². The predicted molar refractivity (Wildman–Crippen MR) is 42.7 cm³/mol. The molecule has 0 aliphatic carbocycles. The van der Waals surface area contributed by atoms with Crippen LogP contribution >= 0.6 is 0 Å². The lowest BCUT2D eigenvalue weighted by molar-refractivity contribution is -0.104. The van der Waals surface area contributed by atoms with Crippen LogP contribution in [0.4, 0.5) is 0 Å². The minimum atomic E-state index is 0.827. The van der Waals surface area contributed by atoms with Crippen molar-refractivity contribution in [3.8, 4) is 0 Å². The Morgan fingerprint density at radius 2 is 1.90 bits per heavy atom. The average molecular weight is 141 g/mol. The summed E-state index contributed by atoms with van der Waals surface area (Å²) < 4.78 is 0. The molecule has 2 nitrogen and oxygen atoms in total. The second-order valence-corrected chi connectivity index (χ2v) is 2.12. The van der Waals surface area contributed by atoms with E-state index in [4.69, 9.17) is 0 Å². The summed E-state index contributed by atoms with van der Waals surface area (Å²) >= 11 is 0. The van der Waals surface area contributed by atoms with E-state index in [9.17, 15) is 4.79 Å². The summed E-state index contributed by atoms with van der Waals surface area (Å²) in [6.07, 6.45) is 2.42. The first kappa shape index (κ1) is 9.21. The van der Waals surface area contributed by atoms with Gasteiger partial charge in [0.05, 0.1) is 0 Å². The number of aldehydes is 1. The molecule has 58 valence electrons. The fraction of sp³-hybridized carbons (Fsp3) is 0.625. The van der Waals surface area contributed by atoms with Gasteiger partial charge in [-0.2, -0.15) is 0 Å². The molecular formula is C8H15NO. The van der Waals surface area contributed by atoms with Gasteiger partial charge in [0, 0.05) is 18.8 Å². The van der Waals surface area contributed by atoms with Crippen LogP contribution in [0.25, 0.3) is 0 Å². The average Bonchev–Trinajstić information content (AvgIpc) is 1.91. The highest BCUT2D eigenvalue weighted by atomic mass is 16.1. The smallest absolute Gasteiger partial charge is 0.144 e. The Bertz CT molecular complexity index is 125. The summed E-state index contributed by atoms with van der Waals surface area (Å²) in [5, 5.41) is 0. The third-order valence-corrected chi connectivity index (χ3v) is 1.57. The molecule has 0 saturated carbocycles. The lowest BCUT2D eigenvalue weighted by Gasteiger charge is -2.20. The van der Waals surface area contributed by atoms with Gasteiger partial charge in [-0.1, -0.05) is 0 Å². The molecule has 0 N–H and O–H groups in total. The van der Waals surface area contributed by atoms with Gasteiger partial charge < -0.3 is 4.90 Å². The van der Waals surface area contributed by atoms with Crippen molar-refractivity contribution < 1.29 is 4.79 Å². The SMILES string of the molecule is CCN(CC)/C(C)=C/C=O. The maximum absolute atomic E-state index is 10.0. The van der Waals surface area contributed by atoms with Gasteiger partial charge in [-0.05, 0) is 26.8 Å². The van der Waals surface area contributed by atoms with Crippen LogP contribution in [0.3, 0.4) is 0 Å². The Morgan fingerprint density at radius 3 is 2.20 bits per heavy atom. The highest BCUT2D eigenvalue weighted by Gasteiger charge is 1.96. The van der Waals surface area contributed by atoms with E-state index in [1.54, 1.807) is 6.08 Å². The summed E-state index contributed by atoms with van der Waals surface area (Å²) in [4.78, 5) is 12.2. The molecule has 0 spiro atoms. The molecule has 2 heteroatoms. The second kappa shape index (κ2) is 5.03. The molecule has 0 rings (SSSR count). The first-order chi connectivity index (χ1) is 4.76. The quantitative estimate of drug-likeness (QED) is 0.436. The summed E-state index contributed by atoms with van der Waals surface area (Å²) in [5.41, 5.74) is 1.04. The van der Waals surface area contributed by atoms with Crippen molar-refractivity contribution in [1.29, 1.82) is 0 Å². The van der Waals surface area contributed by atoms with Crippen LogP contribution in [0.1, 0.15) is 20.8 Å². The van der Waals surface area contributed by atoms with E-state index >= 15 is 0 Å². The molecule has 0 unspecified atom stereocenters. The maximum atomic E-state index is 10.0.